The Labute approximate surface area is 147 Å². The van der Waals surface area contributed by atoms with E-state index in [0.717, 1.165) is 16.5 Å². The standard InChI is InChI=1S/C16H13Cl2N3OS/c17-10-1-4-13(14(18)7-10)15-8-12(22-20-15)9-23-16-19-5-6-21(16)11-2-3-11/h1,4-8,11H,2-3,9H2. The highest BCUT2D eigenvalue weighted by molar-refractivity contribution is 7.98. The second-order valence-corrected chi connectivity index (χ2v) is 7.23. The summed E-state index contributed by atoms with van der Waals surface area (Å²) in [6, 6.07) is 7.87. The number of benzene rings is 1. The molecule has 0 unspecified atom stereocenters. The lowest BCUT2D eigenvalue weighted by molar-refractivity contribution is 0.397. The van der Waals surface area contributed by atoms with Crippen LogP contribution in [0.1, 0.15) is 24.6 Å². The first-order valence-electron chi connectivity index (χ1n) is 7.27. The first-order valence-corrected chi connectivity index (χ1v) is 9.01. The molecule has 0 atom stereocenters. The van der Waals surface area contributed by atoms with Gasteiger partial charge in [0, 0.05) is 35.1 Å². The minimum Gasteiger partial charge on any atom is -0.360 e. The van der Waals surface area contributed by atoms with Crippen LogP contribution in [0.15, 0.2) is 46.3 Å². The first-order chi connectivity index (χ1) is 11.2. The third-order valence-corrected chi connectivity index (χ3v) is 5.23. The predicted octanol–water partition coefficient (Wildman–Crippen LogP) is 5.47. The fraction of sp³-hybridized carbons (Fsp3) is 0.250. The normalized spacial score (nSPS) is 14.3. The number of thioether (sulfide) groups is 1. The van der Waals surface area contributed by atoms with Crippen molar-refractivity contribution >= 4 is 35.0 Å². The molecular formula is C16H13Cl2N3OS. The molecule has 0 saturated heterocycles. The smallest absolute Gasteiger partial charge is 0.168 e. The van der Waals surface area contributed by atoms with Gasteiger partial charge in [-0.3, -0.25) is 0 Å². The van der Waals surface area contributed by atoms with Gasteiger partial charge in [-0.15, -0.1) is 0 Å². The Morgan fingerprint density at radius 3 is 2.91 bits per heavy atom. The number of aromatic nitrogens is 3. The lowest BCUT2D eigenvalue weighted by Crippen LogP contribution is -1.94. The van der Waals surface area contributed by atoms with Gasteiger partial charge in [0.2, 0.25) is 0 Å². The molecule has 0 bridgehead atoms. The summed E-state index contributed by atoms with van der Waals surface area (Å²) in [4.78, 5) is 4.41. The Morgan fingerprint density at radius 1 is 1.26 bits per heavy atom. The minimum absolute atomic E-state index is 0.564. The van der Waals surface area contributed by atoms with Crippen molar-refractivity contribution in [2.75, 3.05) is 0 Å². The quantitative estimate of drug-likeness (QED) is 0.562. The monoisotopic (exact) mass is 365 g/mol. The maximum atomic E-state index is 6.21. The van der Waals surface area contributed by atoms with Gasteiger partial charge in [0.05, 0.1) is 10.8 Å². The van der Waals surface area contributed by atoms with E-state index in [0.29, 0.717) is 27.5 Å². The SMILES string of the molecule is Clc1ccc(-c2cc(CSc3nccn3C3CC3)on2)c(Cl)c1. The van der Waals surface area contributed by atoms with E-state index in [4.69, 9.17) is 27.7 Å². The molecule has 0 radical (unpaired) electrons. The zero-order valence-corrected chi connectivity index (χ0v) is 14.4. The third kappa shape index (κ3) is 3.27. The molecule has 4 rings (SSSR count). The topological polar surface area (TPSA) is 43.9 Å². The average Bonchev–Trinajstić information content (AvgIpc) is 3.08. The maximum Gasteiger partial charge on any atom is 0.168 e. The molecule has 1 aliphatic rings. The van der Waals surface area contributed by atoms with Crippen molar-refractivity contribution in [3.63, 3.8) is 0 Å². The molecule has 0 N–H and O–H groups in total. The molecule has 2 heterocycles. The summed E-state index contributed by atoms with van der Waals surface area (Å²) in [6.45, 7) is 0. The zero-order valence-electron chi connectivity index (χ0n) is 12.1. The van der Waals surface area contributed by atoms with Crippen LogP contribution in [-0.4, -0.2) is 14.7 Å². The lowest BCUT2D eigenvalue weighted by Gasteiger charge is -2.03. The number of hydrogen-bond donors (Lipinski definition) is 0. The van der Waals surface area contributed by atoms with Crippen molar-refractivity contribution in [2.24, 2.45) is 0 Å². The van der Waals surface area contributed by atoms with Crippen molar-refractivity contribution < 1.29 is 4.52 Å². The fourth-order valence-corrected chi connectivity index (χ4v) is 3.79. The van der Waals surface area contributed by atoms with Crippen molar-refractivity contribution in [3.8, 4) is 11.3 Å². The van der Waals surface area contributed by atoms with E-state index in [9.17, 15) is 0 Å². The van der Waals surface area contributed by atoms with Gasteiger partial charge in [0.25, 0.3) is 0 Å². The number of rotatable bonds is 5. The molecule has 0 amide bonds. The van der Waals surface area contributed by atoms with E-state index in [1.807, 2.05) is 24.5 Å². The summed E-state index contributed by atoms with van der Waals surface area (Å²) in [5.41, 5.74) is 1.53. The van der Waals surface area contributed by atoms with E-state index in [2.05, 4.69) is 14.7 Å². The average molecular weight is 366 g/mol. The Kier molecular flexibility index (Phi) is 4.09. The molecule has 4 nitrogen and oxygen atoms in total. The summed E-state index contributed by atoms with van der Waals surface area (Å²) < 4.78 is 7.65. The van der Waals surface area contributed by atoms with Crippen LogP contribution in [0.2, 0.25) is 10.0 Å². The van der Waals surface area contributed by atoms with Gasteiger partial charge in [0.15, 0.2) is 5.16 Å². The molecule has 1 fully saturated rings. The van der Waals surface area contributed by atoms with Crippen molar-refractivity contribution in [1.82, 2.24) is 14.7 Å². The minimum atomic E-state index is 0.564. The Balaban J connectivity index is 1.48. The fourth-order valence-electron chi connectivity index (χ4n) is 2.38. The first kappa shape index (κ1) is 15.1. The number of halogens is 2. The summed E-state index contributed by atoms with van der Waals surface area (Å²) in [5.74, 6) is 1.48. The molecule has 3 aromatic rings. The molecule has 7 heteroatoms. The van der Waals surface area contributed by atoms with E-state index in [-0.39, 0.29) is 0 Å². The van der Waals surface area contributed by atoms with E-state index < -0.39 is 0 Å². The van der Waals surface area contributed by atoms with Gasteiger partial charge in [-0.05, 0) is 31.0 Å². The van der Waals surface area contributed by atoms with Crippen LogP contribution in [-0.2, 0) is 5.75 Å². The van der Waals surface area contributed by atoms with Crippen LogP contribution in [0.3, 0.4) is 0 Å². The number of hydrogen-bond acceptors (Lipinski definition) is 4. The zero-order chi connectivity index (χ0) is 15.8. The van der Waals surface area contributed by atoms with Crippen LogP contribution in [0.25, 0.3) is 11.3 Å². The van der Waals surface area contributed by atoms with Gasteiger partial charge < -0.3 is 9.09 Å². The van der Waals surface area contributed by atoms with Gasteiger partial charge in [0.1, 0.15) is 11.5 Å². The largest absolute Gasteiger partial charge is 0.360 e. The second kappa shape index (κ2) is 6.23. The highest BCUT2D eigenvalue weighted by Crippen LogP contribution is 2.38. The molecule has 0 spiro atoms. The second-order valence-electron chi connectivity index (χ2n) is 5.44. The van der Waals surface area contributed by atoms with Crippen LogP contribution < -0.4 is 0 Å². The van der Waals surface area contributed by atoms with Crippen LogP contribution in [0, 0.1) is 0 Å². The molecule has 23 heavy (non-hydrogen) atoms. The molecule has 1 aliphatic carbocycles. The molecule has 118 valence electrons. The van der Waals surface area contributed by atoms with E-state index >= 15 is 0 Å². The van der Waals surface area contributed by atoms with E-state index in [1.54, 1.807) is 23.9 Å². The van der Waals surface area contributed by atoms with Crippen molar-refractivity contribution in [3.05, 3.63) is 52.5 Å². The van der Waals surface area contributed by atoms with Crippen LogP contribution in [0.5, 0.6) is 0 Å². The summed E-state index contributed by atoms with van der Waals surface area (Å²) >= 11 is 13.8. The molecule has 1 aromatic carbocycles. The van der Waals surface area contributed by atoms with Crippen LogP contribution >= 0.6 is 35.0 Å². The maximum absolute atomic E-state index is 6.21. The van der Waals surface area contributed by atoms with Gasteiger partial charge in [-0.2, -0.15) is 0 Å². The molecule has 1 saturated carbocycles. The number of nitrogens with zero attached hydrogens (tertiary/aromatic N) is 3. The summed E-state index contributed by atoms with van der Waals surface area (Å²) in [5, 5.41) is 6.29. The molecule has 2 aromatic heterocycles. The summed E-state index contributed by atoms with van der Waals surface area (Å²) in [6.07, 6.45) is 6.37. The van der Waals surface area contributed by atoms with E-state index in [1.165, 1.54) is 12.8 Å². The van der Waals surface area contributed by atoms with Crippen molar-refractivity contribution in [1.29, 1.82) is 0 Å². The molecular weight excluding hydrogens is 353 g/mol. The van der Waals surface area contributed by atoms with Gasteiger partial charge in [-0.25, -0.2) is 4.98 Å². The Morgan fingerprint density at radius 2 is 2.13 bits per heavy atom. The summed E-state index contributed by atoms with van der Waals surface area (Å²) in [7, 11) is 0. The van der Waals surface area contributed by atoms with Gasteiger partial charge >= 0.3 is 0 Å². The highest BCUT2D eigenvalue weighted by atomic mass is 35.5. The Hall–Kier alpha value is -1.43. The Bertz CT molecular complexity index is 841. The molecule has 0 aliphatic heterocycles. The van der Waals surface area contributed by atoms with Gasteiger partial charge in [-0.1, -0.05) is 40.1 Å². The third-order valence-electron chi connectivity index (χ3n) is 3.68. The van der Waals surface area contributed by atoms with Crippen molar-refractivity contribution in [2.45, 2.75) is 29.8 Å². The highest BCUT2D eigenvalue weighted by Gasteiger charge is 2.25. The predicted molar refractivity (Wildman–Crippen MR) is 92.0 cm³/mol. The number of imidazole rings is 1. The van der Waals surface area contributed by atoms with Crippen LogP contribution in [0.4, 0.5) is 0 Å². The lowest BCUT2D eigenvalue weighted by atomic mass is 10.1.